The van der Waals surface area contributed by atoms with E-state index in [1.807, 2.05) is 0 Å². The zero-order chi connectivity index (χ0) is 25.0. The molecule has 0 aliphatic rings. The molecule has 0 atom stereocenters. The maximum Gasteiger partial charge on any atom is 0.417 e. The molecule has 2 aromatic carbocycles. The predicted molar refractivity (Wildman–Crippen MR) is 116 cm³/mol. The highest BCUT2D eigenvalue weighted by molar-refractivity contribution is 6.01. The summed E-state index contributed by atoms with van der Waals surface area (Å²) in [5.41, 5.74) is 2.73. The Kier molecular flexibility index (Phi) is 6.89. The van der Waals surface area contributed by atoms with Gasteiger partial charge in [0.25, 0.3) is 5.56 Å². The molecule has 0 aliphatic carbocycles. The molecule has 0 aliphatic heterocycles. The highest BCUT2D eigenvalue weighted by Crippen LogP contribution is 2.34. The fourth-order valence-electron chi connectivity index (χ4n) is 3.04. The molecular weight excluding hydrogens is 460 g/mol. The number of anilines is 2. The molecule has 0 bridgehead atoms. The van der Waals surface area contributed by atoms with Crippen LogP contribution in [0.3, 0.4) is 0 Å². The number of ether oxygens (including phenoxy) is 1. The quantitative estimate of drug-likeness (QED) is 0.393. The van der Waals surface area contributed by atoms with Crippen molar-refractivity contribution in [2.24, 2.45) is 5.73 Å². The van der Waals surface area contributed by atoms with Crippen molar-refractivity contribution in [3.05, 3.63) is 76.0 Å². The largest absolute Gasteiger partial charge is 0.488 e. The number of hydrogen-bond acceptors (Lipinski definition) is 4. The molecule has 1 aromatic heterocycles. The number of halogens is 4. The summed E-state index contributed by atoms with van der Waals surface area (Å²) in [6.45, 7) is 1.96. The standard InChI is InChI=1S/C22H18F4N4O4/c1-2-34-18-8-12(10-28-20(18)32)11-3-6-17(16(23)7-11)30-21(33)29-13-4-5-14(19(27)31)15(9-13)22(24,25)26/h3-10H,2H2,1H3,(H2,27,31)(H,28,32)(H2,29,30,33). The zero-order valence-electron chi connectivity index (χ0n) is 17.5. The number of hydrogen-bond donors (Lipinski definition) is 4. The van der Waals surface area contributed by atoms with E-state index in [2.05, 4.69) is 15.6 Å². The Balaban J connectivity index is 1.78. The van der Waals surface area contributed by atoms with Crippen LogP contribution in [0, 0.1) is 5.82 Å². The van der Waals surface area contributed by atoms with E-state index < -0.39 is 40.6 Å². The molecule has 3 amide bonds. The van der Waals surface area contributed by atoms with Crippen LogP contribution in [-0.2, 0) is 6.18 Å². The van der Waals surface area contributed by atoms with Gasteiger partial charge in [0.1, 0.15) is 5.82 Å². The molecule has 0 saturated heterocycles. The van der Waals surface area contributed by atoms with Crippen molar-refractivity contribution in [3.8, 4) is 16.9 Å². The number of primary amides is 1. The van der Waals surface area contributed by atoms with Crippen LogP contribution in [0.2, 0.25) is 0 Å². The highest BCUT2D eigenvalue weighted by atomic mass is 19.4. The summed E-state index contributed by atoms with van der Waals surface area (Å²) in [7, 11) is 0. The number of nitrogens with two attached hydrogens (primary N) is 1. The van der Waals surface area contributed by atoms with Gasteiger partial charge in [-0.15, -0.1) is 0 Å². The van der Waals surface area contributed by atoms with E-state index in [9.17, 15) is 31.9 Å². The molecule has 5 N–H and O–H groups in total. The summed E-state index contributed by atoms with van der Waals surface area (Å²) >= 11 is 0. The molecule has 8 nitrogen and oxygen atoms in total. The Morgan fingerprint density at radius 1 is 1.06 bits per heavy atom. The van der Waals surface area contributed by atoms with Crippen LogP contribution in [0.4, 0.5) is 33.7 Å². The van der Waals surface area contributed by atoms with Gasteiger partial charge in [-0.3, -0.25) is 9.59 Å². The number of carbonyl (C=O) groups excluding carboxylic acids is 2. The first kappa shape index (κ1) is 24.3. The number of alkyl halides is 3. The first-order valence-corrected chi connectivity index (χ1v) is 9.74. The lowest BCUT2D eigenvalue weighted by Crippen LogP contribution is -2.22. The average molecular weight is 478 g/mol. The number of pyridine rings is 1. The van der Waals surface area contributed by atoms with E-state index in [-0.39, 0.29) is 23.7 Å². The summed E-state index contributed by atoms with van der Waals surface area (Å²) in [5.74, 6) is -2.05. The Labute approximate surface area is 189 Å². The minimum absolute atomic E-state index is 0.0579. The van der Waals surface area contributed by atoms with Crippen molar-refractivity contribution in [1.82, 2.24) is 4.98 Å². The molecular formula is C22H18F4N4O4. The maximum absolute atomic E-state index is 14.6. The third-order valence-corrected chi connectivity index (χ3v) is 4.57. The number of urea groups is 1. The van der Waals surface area contributed by atoms with Crippen LogP contribution in [0.25, 0.3) is 11.1 Å². The number of H-pyrrole nitrogens is 1. The molecule has 0 fully saturated rings. The van der Waals surface area contributed by atoms with Gasteiger partial charge >= 0.3 is 12.2 Å². The van der Waals surface area contributed by atoms with Gasteiger partial charge in [0.2, 0.25) is 5.91 Å². The van der Waals surface area contributed by atoms with Crippen LogP contribution in [0.15, 0.2) is 53.5 Å². The molecule has 0 saturated carbocycles. The zero-order valence-corrected chi connectivity index (χ0v) is 17.5. The van der Waals surface area contributed by atoms with E-state index in [0.717, 1.165) is 18.2 Å². The highest BCUT2D eigenvalue weighted by Gasteiger charge is 2.35. The SMILES string of the molecule is CCOc1cc(-c2ccc(NC(=O)Nc3ccc(C(N)=O)c(C(F)(F)F)c3)c(F)c2)c[nH]c1=O. The number of aromatic amines is 1. The second-order valence-corrected chi connectivity index (χ2v) is 6.91. The van der Waals surface area contributed by atoms with Crippen molar-refractivity contribution in [1.29, 1.82) is 0 Å². The summed E-state index contributed by atoms with van der Waals surface area (Å²) < 4.78 is 59.3. The first-order valence-electron chi connectivity index (χ1n) is 9.74. The molecule has 0 radical (unpaired) electrons. The van der Waals surface area contributed by atoms with Gasteiger partial charge in [-0.25, -0.2) is 9.18 Å². The fourth-order valence-corrected chi connectivity index (χ4v) is 3.04. The third-order valence-electron chi connectivity index (χ3n) is 4.57. The van der Waals surface area contributed by atoms with Crippen molar-refractivity contribution < 1.29 is 31.9 Å². The average Bonchev–Trinajstić information content (AvgIpc) is 2.76. The second kappa shape index (κ2) is 9.65. The fraction of sp³-hybridized carbons (Fsp3) is 0.136. The molecule has 3 aromatic rings. The lowest BCUT2D eigenvalue weighted by atomic mass is 10.1. The van der Waals surface area contributed by atoms with Gasteiger partial charge < -0.3 is 26.1 Å². The van der Waals surface area contributed by atoms with Crippen LogP contribution in [0.1, 0.15) is 22.8 Å². The van der Waals surface area contributed by atoms with Gasteiger partial charge in [0.15, 0.2) is 5.75 Å². The lowest BCUT2D eigenvalue weighted by Gasteiger charge is -2.14. The first-order chi connectivity index (χ1) is 16.0. The van der Waals surface area contributed by atoms with Gasteiger partial charge in [-0.05, 0) is 48.9 Å². The third kappa shape index (κ3) is 5.52. The summed E-state index contributed by atoms with van der Waals surface area (Å²) in [4.78, 5) is 37.6. The van der Waals surface area contributed by atoms with Crippen LogP contribution in [0.5, 0.6) is 5.75 Å². The van der Waals surface area contributed by atoms with Crippen molar-refractivity contribution in [3.63, 3.8) is 0 Å². The molecule has 1 heterocycles. The monoisotopic (exact) mass is 478 g/mol. The Hall–Kier alpha value is -4.35. The second-order valence-electron chi connectivity index (χ2n) is 6.91. The number of benzene rings is 2. The van der Waals surface area contributed by atoms with E-state index >= 15 is 0 Å². The molecule has 12 heteroatoms. The van der Waals surface area contributed by atoms with E-state index in [1.54, 1.807) is 6.92 Å². The Bertz CT molecular complexity index is 1300. The van der Waals surface area contributed by atoms with E-state index in [0.29, 0.717) is 17.2 Å². The van der Waals surface area contributed by atoms with E-state index in [4.69, 9.17) is 10.5 Å². The minimum atomic E-state index is -4.88. The molecule has 178 valence electrons. The van der Waals surface area contributed by atoms with Crippen LogP contribution < -0.4 is 26.7 Å². The molecule has 0 spiro atoms. The smallest absolute Gasteiger partial charge is 0.417 e. The van der Waals surface area contributed by atoms with E-state index in [1.165, 1.54) is 24.4 Å². The minimum Gasteiger partial charge on any atom is -0.488 e. The van der Waals surface area contributed by atoms with Crippen molar-refractivity contribution in [2.45, 2.75) is 13.1 Å². The molecule has 0 unspecified atom stereocenters. The lowest BCUT2D eigenvalue weighted by molar-refractivity contribution is -0.137. The van der Waals surface area contributed by atoms with Crippen molar-refractivity contribution in [2.75, 3.05) is 17.2 Å². The van der Waals surface area contributed by atoms with Crippen LogP contribution >= 0.6 is 0 Å². The summed E-state index contributed by atoms with van der Waals surface area (Å²) in [5, 5.41) is 4.34. The Morgan fingerprint density at radius 2 is 1.79 bits per heavy atom. The summed E-state index contributed by atoms with van der Waals surface area (Å²) in [6.07, 6.45) is -3.52. The molecule has 34 heavy (non-hydrogen) atoms. The van der Waals surface area contributed by atoms with Gasteiger partial charge in [0, 0.05) is 17.4 Å². The number of aromatic nitrogens is 1. The Morgan fingerprint density at radius 3 is 2.41 bits per heavy atom. The molecule has 3 rings (SSSR count). The van der Waals surface area contributed by atoms with Crippen LogP contribution in [-0.4, -0.2) is 23.5 Å². The van der Waals surface area contributed by atoms with Gasteiger partial charge in [-0.2, -0.15) is 13.2 Å². The summed E-state index contributed by atoms with van der Waals surface area (Å²) in [6, 6.07) is 6.66. The number of amides is 3. The number of rotatable bonds is 6. The topological polar surface area (TPSA) is 126 Å². The van der Waals surface area contributed by atoms with Gasteiger partial charge in [0.05, 0.1) is 23.4 Å². The maximum atomic E-state index is 14.6. The van der Waals surface area contributed by atoms with Gasteiger partial charge in [-0.1, -0.05) is 6.07 Å². The normalized spacial score (nSPS) is 11.1. The number of carbonyl (C=O) groups is 2. The number of nitrogens with one attached hydrogen (secondary N) is 3. The predicted octanol–water partition coefficient (Wildman–Crippen LogP) is 4.34. The van der Waals surface area contributed by atoms with Crippen molar-refractivity contribution >= 4 is 23.3 Å².